The van der Waals surface area contributed by atoms with E-state index in [1.54, 1.807) is 0 Å². The van der Waals surface area contributed by atoms with Gasteiger partial charge in [0.15, 0.2) is 0 Å². The highest BCUT2D eigenvalue weighted by molar-refractivity contribution is 7.19. The van der Waals surface area contributed by atoms with Crippen LogP contribution in [0.4, 0.5) is 0 Å². The first-order valence-corrected chi connectivity index (χ1v) is 8.12. The van der Waals surface area contributed by atoms with Crippen molar-refractivity contribution in [2.24, 2.45) is 0 Å². The fraction of sp³-hybridized carbons (Fsp3) is 0.278. The lowest BCUT2D eigenvalue weighted by molar-refractivity contribution is 0.499. The third-order valence-electron chi connectivity index (χ3n) is 3.98. The SMILES string of the molecule is Cc1c(C(C)N[C@H](C)c2ccncc2)sc2ccccc12. The van der Waals surface area contributed by atoms with Gasteiger partial charge < -0.3 is 5.32 Å². The van der Waals surface area contributed by atoms with E-state index in [1.807, 2.05) is 23.7 Å². The van der Waals surface area contributed by atoms with E-state index in [0.29, 0.717) is 12.1 Å². The minimum absolute atomic E-state index is 0.313. The molecule has 2 aromatic heterocycles. The third kappa shape index (κ3) is 2.85. The smallest absolute Gasteiger partial charge is 0.0394 e. The van der Waals surface area contributed by atoms with E-state index in [4.69, 9.17) is 0 Å². The van der Waals surface area contributed by atoms with Gasteiger partial charge >= 0.3 is 0 Å². The molecule has 0 aliphatic rings. The summed E-state index contributed by atoms with van der Waals surface area (Å²) in [5.74, 6) is 0. The molecule has 1 unspecified atom stereocenters. The second kappa shape index (κ2) is 5.96. The van der Waals surface area contributed by atoms with Crippen LogP contribution in [-0.4, -0.2) is 4.98 Å². The predicted octanol–water partition coefficient (Wildman–Crippen LogP) is 5.02. The summed E-state index contributed by atoms with van der Waals surface area (Å²) in [6.07, 6.45) is 3.70. The topological polar surface area (TPSA) is 24.9 Å². The lowest BCUT2D eigenvalue weighted by Crippen LogP contribution is -2.22. The molecule has 1 N–H and O–H groups in total. The highest BCUT2D eigenvalue weighted by atomic mass is 32.1. The Morgan fingerprint density at radius 3 is 2.43 bits per heavy atom. The van der Waals surface area contributed by atoms with Gasteiger partial charge in [0.1, 0.15) is 0 Å². The first-order valence-electron chi connectivity index (χ1n) is 7.31. The molecule has 0 aliphatic carbocycles. The van der Waals surface area contributed by atoms with E-state index in [2.05, 4.69) is 67.5 Å². The number of benzene rings is 1. The van der Waals surface area contributed by atoms with Gasteiger partial charge in [-0.25, -0.2) is 0 Å². The van der Waals surface area contributed by atoms with Crippen molar-refractivity contribution >= 4 is 21.4 Å². The molecule has 2 atom stereocenters. The van der Waals surface area contributed by atoms with Crippen LogP contribution in [0.25, 0.3) is 10.1 Å². The van der Waals surface area contributed by atoms with Crippen molar-refractivity contribution in [2.75, 3.05) is 0 Å². The molecule has 0 radical (unpaired) electrons. The van der Waals surface area contributed by atoms with E-state index >= 15 is 0 Å². The molecule has 0 bridgehead atoms. The number of thiophene rings is 1. The average molecular weight is 296 g/mol. The molecule has 0 fully saturated rings. The predicted molar refractivity (Wildman–Crippen MR) is 90.8 cm³/mol. The number of nitrogens with zero attached hydrogens (tertiary/aromatic N) is 1. The number of aryl methyl sites for hydroxylation is 1. The maximum absolute atomic E-state index is 4.08. The zero-order valence-corrected chi connectivity index (χ0v) is 13.4. The van der Waals surface area contributed by atoms with Gasteiger partial charge in [0.05, 0.1) is 0 Å². The van der Waals surface area contributed by atoms with Gasteiger partial charge in [-0.3, -0.25) is 4.98 Å². The molecule has 108 valence electrons. The van der Waals surface area contributed by atoms with Crippen molar-refractivity contribution in [3.8, 4) is 0 Å². The van der Waals surface area contributed by atoms with Crippen LogP contribution in [-0.2, 0) is 0 Å². The van der Waals surface area contributed by atoms with Gasteiger partial charge in [0.25, 0.3) is 0 Å². The van der Waals surface area contributed by atoms with Crippen molar-refractivity contribution in [3.05, 3.63) is 64.8 Å². The maximum atomic E-state index is 4.08. The zero-order chi connectivity index (χ0) is 14.8. The number of nitrogens with one attached hydrogen (secondary N) is 1. The molecule has 0 spiro atoms. The Labute approximate surface area is 129 Å². The fourth-order valence-corrected chi connectivity index (χ4v) is 4.03. The van der Waals surface area contributed by atoms with Crippen LogP contribution in [0, 0.1) is 6.92 Å². The number of fused-ring (bicyclic) bond motifs is 1. The molecule has 0 amide bonds. The van der Waals surface area contributed by atoms with E-state index in [-0.39, 0.29) is 0 Å². The van der Waals surface area contributed by atoms with Gasteiger partial charge in [0.2, 0.25) is 0 Å². The van der Waals surface area contributed by atoms with Crippen molar-refractivity contribution in [1.82, 2.24) is 10.3 Å². The number of hydrogen-bond acceptors (Lipinski definition) is 3. The van der Waals surface area contributed by atoms with E-state index in [1.165, 1.54) is 26.1 Å². The molecular formula is C18H20N2S. The molecule has 0 aliphatic heterocycles. The average Bonchev–Trinajstić information content (AvgIpc) is 2.86. The molecule has 0 saturated heterocycles. The molecule has 3 heteroatoms. The van der Waals surface area contributed by atoms with Crippen LogP contribution in [0.3, 0.4) is 0 Å². The second-order valence-corrected chi connectivity index (χ2v) is 6.56. The van der Waals surface area contributed by atoms with Crippen LogP contribution in [0.1, 0.15) is 41.9 Å². The largest absolute Gasteiger partial charge is 0.303 e. The second-order valence-electron chi connectivity index (χ2n) is 5.48. The van der Waals surface area contributed by atoms with E-state index in [0.717, 1.165) is 0 Å². The molecule has 3 rings (SSSR count). The normalized spacial score (nSPS) is 14.2. The molecule has 21 heavy (non-hydrogen) atoms. The molecule has 0 saturated carbocycles. The summed E-state index contributed by atoms with van der Waals surface area (Å²) in [6, 6.07) is 13.4. The van der Waals surface area contributed by atoms with Crippen LogP contribution in [0.5, 0.6) is 0 Å². The summed E-state index contributed by atoms with van der Waals surface area (Å²) in [5, 5.41) is 5.07. The first kappa shape index (κ1) is 14.2. The number of hydrogen-bond donors (Lipinski definition) is 1. The Balaban J connectivity index is 1.84. The van der Waals surface area contributed by atoms with Gasteiger partial charge in [-0.2, -0.15) is 0 Å². The Bertz CT molecular complexity index is 733. The summed E-state index contributed by atoms with van der Waals surface area (Å²) in [7, 11) is 0. The molecule has 1 aromatic carbocycles. The standard InChI is InChI=1S/C18H20N2S/c1-12-16-6-4-5-7-17(16)21-18(12)14(3)20-13(2)15-8-10-19-11-9-15/h4-11,13-14,20H,1-3H3/t13-,14?/m1/s1. The Hall–Kier alpha value is -1.71. The van der Waals surface area contributed by atoms with Gasteiger partial charge in [0, 0.05) is 34.1 Å². The van der Waals surface area contributed by atoms with Crippen LogP contribution < -0.4 is 5.32 Å². The summed E-state index contributed by atoms with van der Waals surface area (Å²) in [4.78, 5) is 5.51. The Morgan fingerprint density at radius 2 is 1.71 bits per heavy atom. The van der Waals surface area contributed by atoms with Crippen molar-refractivity contribution in [2.45, 2.75) is 32.9 Å². The molecule has 2 heterocycles. The van der Waals surface area contributed by atoms with Crippen molar-refractivity contribution in [1.29, 1.82) is 0 Å². The van der Waals surface area contributed by atoms with Gasteiger partial charge in [-0.1, -0.05) is 18.2 Å². The first-order chi connectivity index (χ1) is 10.2. The third-order valence-corrected chi connectivity index (χ3v) is 5.44. The Morgan fingerprint density at radius 1 is 1.00 bits per heavy atom. The maximum Gasteiger partial charge on any atom is 0.0394 e. The molecular weight excluding hydrogens is 276 g/mol. The zero-order valence-electron chi connectivity index (χ0n) is 12.6. The van der Waals surface area contributed by atoms with Crippen LogP contribution in [0.2, 0.25) is 0 Å². The van der Waals surface area contributed by atoms with Crippen molar-refractivity contribution < 1.29 is 0 Å². The quantitative estimate of drug-likeness (QED) is 0.731. The fourth-order valence-electron chi connectivity index (χ4n) is 2.81. The number of rotatable bonds is 4. The Kier molecular flexibility index (Phi) is 4.04. The highest BCUT2D eigenvalue weighted by Gasteiger charge is 2.16. The lowest BCUT2D eigenvalue weighted by Gasteiger charge is -2.20. The van der Waals surface area contributed by atoms with Gasteiger partial charge in [-0.05, 0) is 55.5 Å². The molecule has 3 aromatic rings. The lowest BCUT2D eigenvalue weighted by atomic mass is 10.1. The van der Waals surface area contributed by atoms with Gasteiger partial charge in [-0.15, -0.1) is 11.3 Å². The number of pyridine rings is 1. The van der Waals surface area contributed by atoms with E-state index < -0.39 is 0 Å². The summed E-state index contributed by atoms with van der Waals surface area (Å²) in [5.41, 5.74) is 2.67. The minimum Gasteiger partial charge on any atom is -0.303 e. The minimum atomic E-state index is 0.313. The number of aromatic nitrogens is 1. The van der Waals surface area contributed by atoms with Crippen LogP contribution >= 0.6 is 11.3 Å². The summed E-state index contributed by atoms with van der Waals surface area (Å²) < 4.78 is 1.37. The summed E-state index contributed by atoms with van der Waals surface area (Å²) in [6.45, 7) is 6.67. The highest BCUT2D eigenvalue weighted by Crippen LogP contribution is 2.35. The monoisotopic (exact) mass is 296 g/mol. The van der Waals surface area contributed by atoms with Crippen LogP contribution in [0.15, 0.2) is 48.8 Å². The molecule has 2 nitrogen and oxygen atoms in total. The summed E-state index contributed by atoms with van der Waals surface area (Å²) >= 11 is 1.89. The van der Waals surface area contributed by atoms with E-state index in [9.17, 15) is 0 Å². The van der Waals surface area contributed by atoms with Crippen molar-refractivity contribution in [3.63, 3.8) is 0 Å².